The molecular weight excluding hydrogens is 180 g/mol. The minimum Gasteiger partial charge on any atom is -0.481 e. The second kappa shape index (κ2) is 3.12. The zero-order valence-corrected chi connectivity index (χ0v) is 8.45. The highest BCUT2D eigenvalue weighted by atomic mass is 16.4. The summed E-state index contributed by atoms with van der Waals surface area (Å²) in [6.07, 6.45) is 3.09. The molecule has 0 radical (unpaired) electrons. The molecule has 1 aliphatic rings. The van der Waals surface area contributed by atoms with Gasteiger partial charge in [0, 0.05) is 7.05 Å². The molecule has 1 aliphatic carbocycles. The summed E-state index contributed by atoms with van der Waals surface area (Å²) in [5.41, 5.74) is 3.14. The van der Waals surface area contributed by atoms with E-state index in [0.29, 0.717) is 0 Å². The first-order valence-electron chi connectivity index (χ1n) is 4.88. The Morgan fingerprint density at radius 3 is 2.93 bits per heavy atom. The number of aromatic nitrogens is 2. The third-order valence-corrected chi connectivity index (χ3v) is 2.90. The summed E-state index contributed by atoms with van der Waals surface area (Å²) >= 11 is 0. The molecule has 0 spiro atoms. The zero-order chi connectivity index (χ0) is 10.3. The minimum atomic E-state index is -0.775. The average molecular weight is 194 g/mol. The summed E-state index contributed by atoms with van der Waals surface area (Å²) < 4.78 is 1.72. The van der Waals surface area contributed by atoms with E-state index in [1.807, 2.05) is 7.05 Å². The minimum absolute atomic E-state index is 0.450. The Balaban J connectivity index is 2.46. The van der Waals surface area contributed by atoms with E-state index in [-0.39, 0.29) is 0 Å². The van der Waals surface area contributed by atoms with Gasteiger partial charge in [0.25, 0.3) is 0 Å². The molecular formula is C10H14N2O2. The second-order valence-corrected chi connectivity index (χ2v) is 3.85. The monoisotopic (exact) mass is 194 g/mol. The lowest BCUT2D eigenvalue weighted by molar-refractivity contribution is -0.138. The van der Waals surface area contributed by atoms with Crippen LogP contribution in [0.4, 0.5) is 0 Å². The van der Waals surface area contributed by atoms with Crippen LogP contribution in [0.15, 0.2) is 0 Å². The van der Waals surface area contributed by atoms with E-state index in [9.17, 15) is 4.79 Å². The van der Waals surface area contributed by atoms with Crippen LogP contribution >= 0.6 is 0 Å². The van der Waals surface area contributed by atoms with Crippen LogP contribution in [0, 0.1) is 0 Å². The summed E-state index contributed by atoms with van der Waals surface area (Å²) in [7, 11) is 1.83. The van der Waals surface area contributed by atoms with Crippen molar-refractivity contribution in [3.63, 3.8) is 0 Å². The fourth-order valence-electron chi connectivity index (χ4n) is 2.20. The van der Waals surface area contributed by atoms with Gasteiger partial charge in [-0.2, -0.15) is 5.10 Å². The molecule has 4 heteroatoms. The van der Waals surface area contributed by atoms with Gasteiger partial charge in [-0.3, -0.25) is 9.48 Å². The molecule has 1 aromatic rings. The van der Waals surface area contributed by atoms with Crippen molar-refractivity contribution >= 4 is 5.97 Å². The molecule has 1 N–H and O–H groups in total. The molecule has 0 fully saturated rings. The second-order valence-electron chi connectivity index (χ2n) is 3.85. The van der Waals surface area contributed by atoms with Crippen LogP contribution in [-0.2, 0) is 24.7 Å². The van der Waals surface area contributed by atoms with Crippen LogP contribution < -0.4 is 0 Å². The van der Waals surface area contributed by atoms with Crippen molar-refractivity contribution < 1.29 is 9.90 Å². The smallest absolute Gasteiger partial charge is 0.312 e. The summed E-state index contributed by atoms with van der Waals surface area (Å²) in [6, 6.07) is 0. The van der Waals surface area contributed by atoms with E-state index in [4.69, 9.17) is 5.11 Å². The number of aliphatic carboxylic acids is 1. The summed E-state index contributed by atoms with van der Waals surface area (Å²) in [5, 5.41) is 13.3. The van der Waals surface area contributed by atoms with Crippen LogP contribution in [0.25, 0.3) is 0 Å². The van der Waals surface area contributed by atoms with Crippen LogP contribution in [0.2, 0.25) is 0 Å². The molecule has 0 saturated heterocycles. The van der Waals surface area contributed by atoms with E-state index in [2.05, 4.69) is 5.10 Å². The molecule has 2 rings (SSSR count). The predicted molar refractivity (Wildman–Crippen MR) is 51.3 cm³/mol. The number of nitrogens with zero attached hydrogens (tertiary/aromatic N) is 2. The molecule has 76 valence electrons. The van der Waals surface area contributed by atoms with Gasteiger partial charge in [-0.15, -0.1) is 0 Å². The molecule has 0 aromatic carbocycles. The Bertz CT molecular complexity index is 382. The molecule has 0 amide bonds. The number of fused-ring (bicyclic) bond motifs is 1. The Morgan fingerprint density at radius 1 is 1.57 bits per heavy atom. The molecule has 1 atom stereocenters. The standard InChI is InChI=1S/C10H14N2O2/c1-6(10(13)14)9-7-4-3-5-8(7)11-12(9)2/h6H,3-5H2,1-2H3,(H,13,14). The van der Waals surface area contributed by atoms with Gasteiger partial charge >= 0.3 is 5.97 Å². The molecule has 0 aliphatic heterocycles. The van der Waals surface area contributed by atoms with Crippen molar-refractivity contribution in [3.8, 4) is 0 Å². The average Bonchev–Trinajstić information content (AvgIpc) is 2.62. The van der Waals surface area contributed by atoms with Gasteiger partial charge in [0.05, 0.1) is 17.3 Å². The molecule has 0 bridgehead atoms. The Kier molecular flexibility index (Phi) is 2.06. The van der Waals surface area contributed by atoms with Crippen molar-refractivity contribution in [2.24, 2.45) is 7.05 Å². The van der Waals surface area contributed by atoms with Crippen LogP contribution in [-0.4, -0.2) is 20.9 Å². The largest absolute Gasteiger partial charge is 0.481 e. The van der Waals surface area contributed by atoms with Gasteiger partial charge in [0.2, 0.25) is 0 Å². The molecule has 0 saturated carbocycles. The zero-order valence-electron chi connectivity index (χ0n) is 8.45. The van der Waals surface area contributed by atoms with Gasteiger partial charge in [-0.05, 0) is 31.7 Å². The van der Waals surface area contributed by atoms with Crippen molar-refractivity contribution in [2.45, 2.75) is 32.1 Å². The lowest BCUT2D eigenvalue weighted by Crippen LogP contribution is -2.13. The first kappa shape index (κ1) is 9.24. The number of carbonyl (C=O) groups is 1. The van der Waals surface area contributed by atoms with Gasteiger partial charge in [-0.1, -0.05) is 0 Å². The van der Waals surface area contributed by atoms with E-state index >= 15 is 0 Å². The highest BCUT2D eigenvalue weighted by Gasteiger charge is 2.27. The topological polar surface area (TPSA) is 55.1 Å². The third kappa shape index (κ3) is 1.22. The van der Waals surface area contributed by atoms with E-state index in [1.165, 1.54) is 5.56 Å². The fourth-order valence-corrected chi connectivity index (χ4v) is 2.20. The maximum atomic E-state index is 10.9. The van der Waals surface area contributed by atoms with Gasteiger partial charge in [0.15, 0.2) is 0 Å². The number of carboxylic acids is 1. The van der Waals surface area contributed by atoms with E-state index < -0.39 is 11.9 Å². The summed E-state index contributed by atoms with van der Waals surface area (Å²) in [6.45, 7) is 1.72. The molecule has 1 unspecified atom stereocenters. The maximum Gasteiger partial charge on any atom is 0.312 e. The lowest BCUT2D eigenvalue weighted by atomic mass is 10.0. The predicted octanol–water partition coefficient (Wildman–Crippen LogP) is 1.10. The van der Waals surface area contributed by atoms with Crippen molar-refractivity contribution in [3.05, 3.63) is 17.0 Å². The quantitative estimate of drug-likeness (QED) is 0.767. The third-order valence-electron chi connectivity index (χ3n) is 2.90. The van der Waals surface area contributed by atoms with Crippen molar-refractivity contribution in [2.75, 3.05) is 0 Å². The van der Waals surface area contributed by atoms with Crippen LogP contribution in [0.3, 0.4) is 0 Å². The van der Waals surface area contributed by atoms with Crippen LogP contribution in [0.5, 0.6) is 0 Å². The Hall–Kier alpha value is -1.32. The van der Waals surface area contributed by atoms with Gasteiger partial charge in [0.1, 0.15) is 0 Å². The highest BCUT2D eigenvalue weighted by Crippen LogP contribution is 2.29. The molecule has 14 heavy (non-hydrogen) atoms. The van der Waals surface area contributed by atoms with Crippen molar-refractivity contribution in [1.29, 1.82) is 0 Å². The first-order valence-corrected chi connectivity index (χ1v) is 4.88. The molecule has 1 heterocycles. The van der Waals surface area contributed by atoms with Gasteiger partial charge < -0.3 is 5.11 Å². The highest BCUT2D eigenvalue weighted by molar-refractivity contribution is 5.75. The Labute approximate surface area is 82.5 Å². The lowest BCUT2D eigenvalue weighted by Gasteiger charge is -2.08. The molecule has 1 aromatic heterocycles. The number of rotatable bonds is 2. The number of hydrogen-bond acceptors (Lipinski definition) is 2. The first-order chi connectivity index (χ1) is 6.61. The Morgan fingerprint density at radius 2 is 2.29 bits per heavy atom. The fraction of sp³-hybridized carbons (Fsp3) is 0.600. The normalized spacial score (nSPS) is 16.7. The summed E-state index contributed by atoms with van der Waals surface area (Å²) in [4.78, 5) is 10.9. The van der Waals surface area contributed by atoms with Gasteiger partial charge in [-0.25, -0.2) is 0 Å². The molecule has 4 nitrogen and oxygen atoms in total. The van der Waals surface area contributed by atoms with Crippen molar-refractivity contribution in [1.82, 2.24) is 9.78 Å². The summed E-state index contributed by atoms with van der Waals surface area (Å²) in [5.74, 6) is -1.22. The van der Waals surface area contributed by atoms with Crippen LogP contribution in [0.1, 0.15) is 36.2 Å². The number of hydrogen-bond donors (Lipinski definition) is 1. The maximum absolute atomic E-state index is 10.9. The van der Waals surface area contributed by atoms with E-state index in [1.54, 1.807) is 11.6 Å². The SMILES string of the molecule is CC(C(=O)O)c1c2c(nn1C)CCC2. The van der Waals surface area contributed by atoms with E-state index in [0.717, 1.165) is 30.7 Å². The number of aryl methyl sites for hydroxylation is 2. The number of carboxylic acid groups (broad SMARTS) is 1.